The van der Waals surface area contributed by atoms with Crippen LogP contribution in [-0.4, -0.2) is 69.8 Å². The predicted molar refractivity (Wildman–Crippen MR) is 136 cm³/mol. The van der Waals surface area contributed by atoms with Gasteiger partial charge in [0, 0.05) is 55.5 Å². The van der Waals surface area contributed by atoms with Crippen LogP contribution in [-0.2, 0) is 36.8 Å². The Labute approximate surface area is 213 Å². The molecule has 1 atom stereocenters. The Balaban J connectivity index is 0.00000432. The van der Waals surface area contributed by atoms with Crippen molar-refractivity contribution in [1.29, 1.82) is 0 Å². The second-order valence-electron chi connectivity index (χ2n) is 8.98. The van der Waals surface area contributed by atoms with E-state index in [1.54, 1.807) is 13.2 Å². The van der Waals surface area contributed by atoms with Crippen LogP contribution in [0, 0.1) is 5.82 Å². The van der Waals surface area contributed by atoms with Crippen molar-refractivity contribution in [1.82, 2.24) is 14.8 Å². The zero-order valence-corrected chi connectivity index (χ0v) is 22.5. The van der Waals surface area contributed by atoms with E-state index in [9.17, 15) is 17.6 Å². The summed E-state index contributed by atoms with van der Waals surface area (Å²) in [6, 6.07) is 4.07. The molecule has 0 aliphatic carbocycles. The van der Waals surface area contributed by atoms with E-state index in [1.165, 1.54) is 12.1 Å². The Morgan fingerprint density at radius 3 is 2.63 bits per heavy atom. The summed E-state index contributed by atoms with van der Waals surface area (Å²) >= 11 is 0. The highest BCUT2D eigenvalue weighted by atomic mass is 35.5. The molecule has 11 heteroatoms. The minimum atomic E-state index is -4.20. The number of amides is 1. The molecular weight excluding hydrogens is 497 g/mol. The van der Waals surface area contributed by atoms with Gasteiger partial charge in [-0.2, -0.15) is 8.42 Å². The number of carbonyl (C=O) groups excluding carboxylic acids is 1. The fraction of sp³-hybridized carbons (Fsp3) is 0.625. The summed E-state index contributed by atoms with van der Waals surface area (Å²) in [6.07, 6.45) is 3.23. The van der Waals surface area contributed by atoms with Crippen LogP contribution in [0.25, 0.3) is 10.9 Å². The molecule has 0 radical (unpaired) electrons. The molecule has 1 N–H and O–H groups in total. The second-order valence-corrected chi connectivity index (χ2v) is 10.6. The molecule has 1 aliphatic rings. The van der Waals surface area contributed by atoms with Crippen LogP contribution < -0.4 is 5.32 Å². The Kier molecular flexibility index (Phi) is 11.0. The van der Waals surface area contributed by atoms with Crippen molar-refractivity contribution in [2.45, 2.75) is 69.5 Å². The molecule has 1 saturated heterocycles. The smallest absolute Gasteiger partial charge is 0.299 e. The van der Waals surface area contributed by atoms with Gasteiger partial charge in [-0.15, -0.1) is 12.4 Å². The number of ether oxygens (including phenoxy) is 1. The summed E-state index contributed by atoms with van der Waals surface area (Å²) in [5.41, 5.74) is 0.895. The first-order chi connectivity index (χ1) is 16.2. The lowest BCUT2D eigenvalue weighted by molar-refractivity contribution is -0.135. The summed E-state index contributed by atoms with van der Waals surface area (Å²) in [7, 11) is -1.49. The fourth-order valence-electron chi connectivity index (χ4n) is 4.88. The van der Waals surface area contributed by atoms with E-state index < -0.39 is 15.9 Å². The van der Waals surface area contributed by atoms with Crippen molar-refractivity contribution < 1.29 is 26.5 Å². The number of hydrogen-bond donors (Lipinski definition) is 1. The van der Waals surface area contributed by atoms with E-state index in [-0.39, 0.29) is 47.1 Å². The van der Waals surface area contributed by atoms with E-state index in [2.05, 4.69) is 5.32 Å². The molecule has 2 aromatic rings. The van der Waals surface area contributed by atoms with Gasteiger partial charge in [0.25, 0.3) is 10.1 Å². The largest absolute Gasteiger partial charge is 0.385 e. The summed E-state index contributed by atoms with van der Waals surface area (Å²) in [5, 5.41) is 3.57. The molecule has 1 amide bonds. The lowest BCUT2D eigenvalue weighted by atomic mass is 10.0. The minimum absolute atomic E-state index is 0. The topological polar surface area (TPSA) is 89.9 Å². The van der Waals surface area contributed by atoms with E-state index in [0.717, 1.165) is 32.9 Å². The SMILES string of the molecule is COCCCCn1c(CC(=O)N(C(C)C)[C@@H]2CCCNC2)c(S(=O)(=O)OC)c2cc(F)ccc21.Cl. The van der Waals surface area contributed by atoms with Crippen LogP contribution in [0.5, 0.6) is 0 Å². The number of aromatic nitrogens is 1. The number of carbonyl (C=O) groups is 1. The lowest BCUT2D eigenvalue weighted by Gasteiger charge is -2.38. The Morgan fingerprint density at radius 2 is 2.03 bits per heavy atom. The molecule has 0 unspecified atom stereocenters. The summed E-state index contributed by atoms with van der Waals surface area (Å²) < 4.78 is 52.0. The van der Waals surface area contributed by atoms with E-state index in [4.69, 9.17) is 8.92 Å². The van der Waals surface area contributed by atoms with Crippen molar-refractivity contribution in [3.8, 4) is 0 Å². The van der Waals surface area contributed by atoms with E-state index >= 15 is 0 Å². The van der Waals surface area contributed by atoms with Gasteiger partial charge < -0.3 is 19.5 Å². The Morgan fingerprint density at radius 1 is 1.29 bits per heavy atom. The maximum atomic E-state index is 14.2. The van der Waals surface area contributed by atoms with Crippen molar-refractivity contribution in [3.05, 3.63) is 29.7 Å². The first kappa shape index (κ1) is 29.5. The van der Waals surface area contributed by atoms with Gasteiger partial charge in [0.15, 0.2) is 0 Å². The van der Waals surface area contributed by atoms with Crippen LogP contribution in [0.1, 0.15) is 45.2 Å². The van der Waals surface area contributed by atoms with Crippen molar-refractivity contribution >= 4 is 39.3 Å². The highest BCUT2D eigenvalue weighted by Gasteiger charge is 2.33. The number of methoxy groups -OCH3 is 1. The lowest BCUT2D eigenvalue weighted by Crippen LogP contribution is -2.52. The van der Waals surface area contributed by atoms with E-state index in [1.807, 2.05) is 23.3 Å². The van der Waals surface area contributed by atoms with Crippen LogP contribution in [0.15, 0.2) is 23.1 Å². The van der Waals surface area contributed by atoms with Gasteiger partial charge in [-0.25, -0.2) is 4.39 Å². The number of aryl methyl sites for hydroxylation is 1. The molecule has 0 saturated carbocycles. The molecule has 35 heavy (non-hydrogen) atoms. The first-order valence-electron chi connectivity index (χ1n) is 11.8. The molecule has 1 aliphatic heterocycles. The van der Waals surface area contributed by atoms with Crippen LogP contribution in [0.2, 0.25) is 0 Å². The molecule has 1 fully saturated rings. The third-order valence-corrected chi connectivity index (χ3v) is 7.75. The molecule has 3 rings (SSSR count). The normalized spacial score (nSPS) is 16.5. The number of piperidine rings is 1. The molecule has 0 spiro atoms. The Hall–Kier alpha value is -1.72. The quantitative estimate of drug-likeness (QED) is 0.351. The maximum absolute atomic E-state index is 14.2. The number of benzene rings is 1. The van der Waals surface area contributed by atoms with Crippen LogP contribution in [0.4, 0.5) is 4.39 Å². The van der Waals surface area contributed by atoms with Crippen LogP contribution in [0.3, 0.4) is 0 Å². The number of halogens is 2. The molecule has 198 valence electrons. The number of unbranched alkanes of at least 4 members (excludes halogenated alkanes) is 1. The molecule has 1 aromatic carbocycles. The molecule has 2 heterocycles. The summed E-state index contributed by atoms with van der Waals surface area (Å²) in [6.45, 7) is 6.61. The molecule has 8 nitrogen and oxygen atoms in total. The zero-order chi connectivity index (χ0) is 24.9. The highest BCUT2D eigenvalue weighted by molar-refractivity contribution is 7.87. The monoisotopic (exact) mass is 533 g/mol. The standard InChI is InChI=1S/C24H36FN3O5S.ClH/c1-17(2)28(19-8-7-11-26-16-19)23(29)15-22-24(34(30,31)33-4)20-14-18(25)9-10-21(20)27(22)12-5-6-13-32-3;/h9-10,14,17,19,26H,5-8,11-13,15-16H2,1-4H3;1H/t19-;/m1./s1. The third kappa shape index (κ3) is 6.74. The molecular formula is C24H37ClFN3O5S. The number of rotatable bonds is 11. The minimum Gasteiger partial charge on any atom is -0.385 e. The second kappa shape index (κ2) is 13.0. The average molecular weight is 534 g/mol. The van der Waals surface area contributed by atoms with Crippen molar-refractivity contribution in [3.63, 3.8) is 0 Å². The van der Waals surface area contributed by atoms with Gasteiger partial charge in [-0.05, 0) is 64.3 Å². The fourth-order valence-corrected chi connectivity index (χ4v) is 5.95. The third-order valence-electron chi connectivity index (χ3n) is 6.36. The van der Waals surface area contributed by atoms with E-state index in [0.29, 0.717) is 37.3 Å². The number of hydrogen-bond acceptors (Lipinski definition) is 6. The van der Waals surface area contributed by atoms with Crippen molar-refractivity contribution in [2.24, 2.45) is 0 Å². The predicted octanol–water partition coefficient (Wildman–Crippen LogP) is 3.50. The highest BCUT2D eigenvalue weighted by Crippen LogP contribution is 2.33. The number of fused-ring (bicyclic) bond motifs is 1. The van der Waals surface area contributed by atoms with Gasteiger partial charge >= 0.3 is 0 Å². The maximum Gasteiger partial charge on any atom is 0.299 e. The van der Waals surface area contributed by atoms with Gasteiger partial charge in [-0.3, -0.25) is 8.98 Å². The van der Waals surface area contributed by atoms with Gasteiger partial charge in [0.05, 0.1) is 13.5 Å². The molecule has 0 bridgehead atoms. The Bertz CT molecular complexity index is 1100. The zero-order valence-electron chi connectivity index (χ0n) is 20.9. The number of nitrogens with one attached hydrogen (secondary N) is 1. The van der Waals surface area contributed by atoms with Crippen molar-refractivity contribution in [2.75, 3.05) is 33.9 Å². The van der Waals surface area contributed by atoms with Gasteiger partial charge in [-0.1, -0.05) is 0 Å². The summed E-state index contributed by atoms with van der Waals surface area (Å²) in [5.74, 6) is -0.704. The van der Waals surface area contributed by atoms with Crippen LogP contribution >= 0.6 is 12.4 Å². The molecule has 1 aromatic heterocycles. The van der Waals surface area contributed by atoms with Gasteiger partial charge in [0.2, 0.25) is 5.91 Å². The van der Waals surface area contributed by atoms with Gasteiger partial charge in [0.1, 0.15) is 10.7 Å². The summed E-state index contributed by atoms with van der Waals surface area (Å²) in [4.78, 5) is 15.4. The first-order valence-corrected chi connectivity index (χ1v) is 13.2. The average Bonchev–Trinajstić information content (AvgIpc) is 3.09. The number of nitrogens with zero attached hydrogens (tertiary/aromatic N) is 2.